The summed E-state index contributed by atoms with van der Waals surface area (Å²) in [5.74, 6) is 0.385. The highest BCUT2D eigenvalue weighted by molar-refractivity contribution is 7.91. The number of halogens is 1. The fourth-order valence-corrected chi connectivity index (χ4v) is 4.30. The standard InChI is InChI=1S/C16H13ClO3S/c1-10-6-7-15-14(8-10)16(11(2)20-15)21(18,19)13-5-3-4-12(17)9-13/h3-9H,1-2H3. The maximum Gasteiger partial charge on any atom is 0.210 e. The summed E-state index contributed by atoms with van der Waals surface area (Å²) in [6.07, 6.45) is 0. The molecule has 1 aromatic heterocycles. The van der Waals surface area contributed by atoms with Crippen LogP contribution >= 0.6 is 11.6 Å². The molecule has 0 saturated carbocycles. The van der Waals surface area contributed by atoms with E-state index >= 15 is 0 Å². The Labute approximate surface area is 128 Å². The highest BCUT2D eigenvalue weighted by Crippen LogP contribution is 2.34. The molecule has 0 unspecified atom stereocenters. The Balaban J connectivity index is 2.33. The SMILES string of the molecule is Cc1ccc2oc(C)c(S(=O)(=O)c3cccc(Cl)c3)c2c1. The second kappa shape index (κ2) is 4.90. The fraction of sp³-hybridized carbons (Fsp3) is 0.125. The van der Waals surface area contributed by atoms with E-state index in [1.54, 1.807) is 25.1 Å². The van der Waals surface area contributed by atoms with Gasteiger partial charge in [-0.05, 0) is 44.2 Å². The summed E-state index contributed by atoms with van der Waals surface area (Å²) < 4.78 is 31.3. The smallest absolute Gasteiger partial charge is 0.210 e. The molecular weight excluding hydrogens is 308 g/mol. The molecule has 0 saturated heterocycles. The van der Waals surface area contributed by atoms with Gasteiger partial charge >= 0.3 is 0 Å². The Morgan fingerprint density at radius 2 is 1.81 bits per heavy atom. The number of hydrogen-bond acceptors (Lipinski definition) is 3. The zero-order valence-corrected chi connectivity index (χ0v) is 13.1. The maximum absolute atomic E-state index is 12.9. The lowest BCUT2D eigenvalue weighted by Gasteiger charge is -2.04. The van der Waals surface area contributed by atoms with Gasteiger partial charge in [-0.15, -0.1) is 0 Å². The van der Waals surface area contributed by atoms with Gasteiger partial charge in [-0.1, -0.05) is 29.3 Å². The molecule has 3 nitrogen and oxygen atoms in total. The van der Waals surface area contributed by atoms with Crippen molar-refractivity contribution in [3.8, 4) is 0 Å². The molecule has 108 valence electrons. The highest BCUT2D eigenvalue weighted by Gasteiger charge is 2.26. The van der Waals surface area contributed by atoms with Crippen molar-refractivity contribution in [3.63, 3.8) is 0 Å². The van der Waals surface area contributed by atoms with Crippen molar-refractivity contribution < 1.29 is 12.8 Å². The summed E-state index contributed by atoms with van der Waals surface area (Å²) in [5, 5.41) is 0.991. The minimum atomic E-state index is -3.67. The minimum absolute atomic E-state index is 0.169. The molecule has 0 atom stereocenters. The number of fused-ring (bicyclic) bond motifs is 1. The van der Waals surface area contributed by atoms with Crippen molar-refractivity contribution in [2.45, 2.75) is 23.6 Å². The quantitative estimate of drug-likeness (QED) is 0.696. The third kappa shape index (κ3) is 2.34. The second-order valence-electron chi connectivity index (χ2n) is 4.95. The first-order chi connectivity index (χ1) is 9.89. The van der Waals surface area contributed by atoms with Crippen molar-refractivity contribution in [2.75, 3.05) is 0 Å². The molecule has 1 heterocycles. The van der Waals surface area contributed by atoms with Gasteiger partial charge in [0.1, 0.15) is 16.2 Å². The van der Waals surface area contributed by atoms with Gasteiger partial charge in [0.05, 0.1) is 4.90 Å². The molecule has 0 aliphatic carbocycles. The first kappa shape index (κ1) is 14.2. The van der Waals surface area contributed by atoms with Crippen LogP contribution in [0.3, 0.4) is 0 Å². The van der Waals surface area contributed by atoms with Gasteiger partial charge in [-0.25, -0.2) is 8.42 Å². The van der Waals surface area contributed by atoms with E-state index in [0.717, 1.165) is 5.56 Å². The Kier molecular flexibility index (Phi) is 3.30. The average molecular weight is 321 g/mol. The van der Waals surface area contributed by atoms with Crippen molar-refractivity contribution in [2.24, 2.45) is 0 Å². The normalized spacial score (nSPS) is 12.0. The van der Waals surface area contributed by atoms with E-state index in [-0.39, 0.29) is 9.79 Å². The van der Waals surface area contributed by atoms with Crippen LogP contribution in [0.25, 0.3) is 11.0 Å². The first-order valence-electron chi connectivity index (χ1n) is 6.40. The monoisotopic (exact) mass is 320 g/mol. The third-order valence-electron chi connectivity index (χ3n) is 3.34. The maximum atomic E-state index is 12.9. The molecule has 0 radical (unpaired) electrons. The third-order valence-corrected chi connectivity index (χ3v) is 5.49. The van der Waals surface area contributed by atoms with Gasteiger partial charge < -0.3 is 4.42 Å². The van der Waals surface area contributed by atoms with Crippen LogP contribution in [0, 0.1) is 13.8 Å². The molecule has 0 spiro atoms. The van der Waals surface area contributed by atoms with Crippen LogP contribution in [0.5, 0.6) is 0 Å². The first-order valence-corrected chi connectivity index (χ1v) is 8.26. The molecule has 0 fully saturated rings. The van der Waals surface area contributed by atoms with Crippen LogP contribution in [0.2, 0.25) is 5.02 Å². The topological polar surface area (TPSA) is 47.3 Å². The van der Waals surface area contributed by atoms with Crippen LogP contribution in [-0.4, -0.2) is 8.42 Å². The minimum Gasteiger partial charge on any atom is -0.460 e. The van der Waals surface area contributed by atoms with Crippen LogP contribution in [0.15, 0.2) is 56.7 Å². The summed E-state index contributed by atoms with van der Waals surface area (Å²) in [4.78, 5) is 0.380. The Morgan fingerprint density at radius 3 is 2.52 bits per heavy atom. The number of furan rings is 1. The zero-order valence-electron chi connectivity index (χ0n) is 11.6. The predicted octanol–water partition coefficient (Wildman–Crippen LogP) is 4.54. The molecule has 0 N–H and O–H groups in total. The lowest BCUT2D eigenvalue weighted by Crippen LogP contribution is -2.02. The average Bonchev–Trinajstić information content (AvgIpc) is 2.74. The Morgan fingerprint density at radius 1 is 1.05 bits per heavy atom. The number of aryl methyl sites for hydroxylation is 2. The summed E-state index contributed by atoms with van der Waals surface area (Å²) in [6.45, 7) is 3.57. The molecular formula is C16H13ClO3S. The van der Waals surface area contributed by atoms with E-state index in [2.05, 4.69) is 0 Å². The van der Waals surface area contributed by atoms with Gasteiger partial charge in [0, 0.05) is 10.4 Å². The van der Waals surface area contributed by atoms with E-state index < -0.39 is 9.84 Å². The largest absolute Gasteiger partial charge is 0.460 e. The molecule has 21 heavy (non-hydrogen) atoms. The van der Waals surface area contributed by atoms with Crippen LogP contribution in [0.4, 0.5) is 0 Å². The molecule has 0 amide bonds. The van der Waals surface area contributed by atoms with Crippen molar-refractivity contribution in [3.05, 3.63) is 58.8 Å². The van der Waals surface area contributed by atoms with Crippen LogP contribution < -0.4 is 0 Å². The van der Waals surface area contributed by atoms with Gasteiger partial charge in [0.2, 0.25) is 9.84 Å². The summed E-state index contributed by atoms with van der Waals surface area (Å²) in [7, 11) is -3.67. The second-order valence-corrected chi connectivity index (χ2v) is 7.27. The summed E-state index contributed by atoms with van der Waals surface area (Å²) in [6, 6.07) is 11.8. The number of sulfone groups is 1. The summed E-state index contributed by atoms with van der Waals surface area (Å²) in [5.41, 5.74) is 1.55. The van der Waals surface area contributed by atoms with Crippen molar-refractivity contribution in [1.29, 1.82) is 0 Å². The van der Waals surface area contributed by atoms with Crippen LogP contribution in [-0.2, 0) is 9.84 Å². The highest BCUT2D eigenvalue weighted by atomic mass is 35.5. The van der Waals surface area contributed by atoms with E-state index in [0.29, 0.717) is 21.8 Å². The molecule has 0 bridgehead atoms. The van der Waals surface area contributed by atoms with E-state index in [1.807, 2.05) is 19.1 Å². The number of benzene rings is 2. The number of rotatable bonds is 2. The van der Waals surface area contributed by atoms with E-state index in [1.165, 1.54) is 12.1 Å². The van der Waals surface area contributed by atoms with Crippen molar-refractivity contribution >= 4 is 32.4 Å². The van der Waals surface area contributed by atoms with Gasteiger partial charge in [-0.3, -0.25) is 0 Å². The van der Waals surface area contributed by atoms with E-state index in [9.17, 15) is 8.42 Å². The van der Waals surface area contributed by atoms with E-state index in [4.69, 9.17) is 16.0 Å². The molecule has 3 aromatic rings. The lowest BCUT2D eigenvalue weighted by atomic mass is 10.2. The lowest BCUT2D eigenvalue weighted by molar-refractivity contribution is 0.557. The molecule has 3 rings (SSSR count). The Bertz CT molecular complexity index is 939. The molecule has 0 aliphatic rings. The molecule has 5 heteroatoms. The number of hydrogen-bond donors (Lipinski definition) is 0. The van der Waals surface area contributed by atoms with Gasteiger partial charge in [0.25, 0.3) is 0 Å². The van der Waals surface area contributed by atoms with Crippen LogP contribution in [0.1, 0.15) is 11.3 Å². The Hall–Kier alpha value is -1.78. The zero-order chi connectivity index (χ0) is 15.2. The molecule has 2 aromatic carbocycles. The summed E-state index contributed by atoms with van der Waals surface area (Å²) >= 11 is 5.91. The van der Waals surface area contributed by atoms with Gasteiger partial charge in [0.15, 0.2) is 0 Å². The van der Waals surface area contributed by atoms with Crippen molar-refractivity contribution in [1.82, 2.24) is 0 Å². The fourth-order valence-electron chi connectivity index (χ4n) is 2.40. The molecule has 0 aliphatic heterocycles. The van der Waals surface area contributed by atoms with Gasteiger partial charge in [-0.2, -0.15) is 0 Å². The predicted molar refractivity (Wildman–Crippen MR) is 82.6 cm³/mol.